The topological polar surface area (TPSA) is 83.7 Å². The first-order chi connectivity index (χ1) is 7.91. The van der Waals surface area contributed by atoms with E-state index in [1.54, 1.807) is 31.3 Å². The summed E-state index contributed by atoms with van der Waals surface area (Å²) >= 11 is 0. The predicted octanol–water partition coefficient (Wildman–Crippen LogP) is 1.83. The third-order valence-electron chi connectivity index (χ3n) is 2.03. The number of benzene rings is 1. The smallest absolute Gasteiger partial charge is 0.335 e. The lowest BCUT2D eigenvalue weighted by molar-refractivity contribution is -0.385. The van der Waals surface area contributed by atoms with Gasteiger partial charge in [0.1, 0.15) is 0 Å². The highest BCUT2D eigenvalue weighted by molar-refractivity contribution is 5.89. The van der Waals surface area contributed by atoms with Gasteiger partial charge in [0.25, 0.3) is 5.69 Å². The monoisotopic (exact) mass is 236 g/mol. The van der Waals surface area contributed by atoms with Crippen LogP contribution < -0.4 is 0 Å². The minimum atomic E-state index is -1.18. The Bertz CT molecular complexity index is 480. The summed E-state index contributed by atoms with van der Waals surface area (Å²) < 4.78 is 0. The van der Waals surface area contributed by atoms with E-state index in [-0.39, 0.29) is 11.3 Å². The summed E-state index contributed by atoms with van der Waals surface area (Å²) in [5.41, 5.74) is 0.0513. The second-order valence-corrected chi connectivity index (χ2v) is 3.62. The number of nitrogens with zero attached hydrogens (tertiary/aromatic N) is 2. The number of aromatic carboxylic acids is 1. The Kier molecular flexibility index (Phi) is 3.82. The molecule has 0 heterocycles. The summed E-state index contributed by atoms with van der Waals surface area (Å²) in [4.78, 5) is 22.6. The van der Waals surface area contributed by atoms with E-state index in [0.29, 0.717) is 5.56 Å². The maximum atomic E-state index is 10.8. The molecule has 0 aliphatic heterocycles. The fourth-order valence-corrected chi connectivity index (χ4v) is 1.21. The van der Waals surface area contributed by atoms with Gasteiger partial charge in [0.15, 0.2) is 0 Å². The summed E-state index contributed by atoms with van der Waals surface area (Å²) in [7, 11) is 3.57. The van der Waals surface area contributed by atoms with Crippen molar-refractivity contribution < 1.29 is 14.8 Å². The van der Waals surface area contributed by atoms with Crippen LogP contribution in [0.5, 0.6) is 0 Å². The lowest BCUT2D eigenvalue weighted by Gasteiger charge is -2.04. The SMILES string of the molecule is CN(C)C=Cc1ccc(C(=O)O)cc1[N+](=O)[O-]. The summed E-state index contributed by atoms with van der Waals surface area (Å²) in [6.45, 7) is 0. The number of nitro benzene ring substituents is 1. The van der Waals surface area contributed by atoms with Crippen LogP contribution in [0.25, 0.3) is 6.08 Å². The van der Waals surface area contributed by atoms with E-state index in [0.717, 1.165) is 6.07 Å². The van der Waals surface area contributed by atoms with Crippen LogP contribution in [-0.2, 0) is 0 Å². The maximum absolute atomic E-state index is 10.8. The Morgan fingerprint density at radius 3 is 2.59 bits per heavy atom. The van der Waals surface area contributed by atoms with Crippen LogP contribution in [0.2, 0.25) is 0 Å². The first-order valence-electron chi connectivity index (χ1n) is 4.78. The van der Waals surface area contributed by atoms with E-state index >= 15 is 0 Å². The van der Waals surface area contributed by atoms with E-state index in [1.165, 1.54) is 12.1 Å². The molecular weight excluding hydrogens is 224 g/mol. The molecule has 1 aromatic carbocycles. The van der Waals surface area contributed by atoms with Gasteiger partial charge in [0.2, 0.25) is 0 Å². The van der Waals surface area contributed by atoms with E-state index in [2.05, 4.69) is 0 Å². The van der Waals surface area contributed by atoms with Crippen LogP contribution in [0.4, 0.5) is 5.69 Å². The van der Waals surface area contributed by atoms with Crippen molar-refractivity contribution in [1.29, 1.82) is 0 Å². The van der Waals surface area contributed by atoms with Gasteiger partial charge in [-0.1, -0.05) is 0 Å². The largest absolute Gasteiger partial charge is 0.478 e. The molecule has 1 rings (SSSR count). The molecule has 90 valence electrons. The molecule has 0 atom stereocenters. The highest BCUT2D eigenvalue weighted by atomic mass is 16.6. The zero-order chi connectivity index (χ0) is 13.0. The molecule has 17 heavy (non-hydrogen) atoms. The third kappa shape index (κ3) is 3.30. The van der Waals surface area contributed by atoms with Gasteiger partial charge < -0.3 is 10.0 Å². The van der Waals surface area contributed by atoms with Gasteiger partial charge >= 0.3 is 5.97 Å². The first-order valence-corrected chi connectivity index (χ1v) is 4.78. The van der Waals surface area contributed by atoms with Crippen LogP contribution in [0.15, 0.2) is 24.4 Å². The van der Waals surface area contributed by atoms with Crippen LogP contribution in [0.3, 0.4) is 0 Å². The molecule has 0 fully saturated rings. The average Bonchev–Trinajstić information content (AvgIpc) is 2.25. The van der Waals surface area contributed by atoms with Gasteiger partial charge in [0, 0.05) is 20.2 Å². The molecule has 0 radical (unpaired) electrons. The Hall–Kier alpha value is -2.37. The maximum Gasteiger partial charge on any atom is 0.335 e. The normalized spacial score (nSPS) is 10.5. The molecule has 0 spiro atoms. The van der Waals surface area contributed by atoms with E-state index < -0.39 is 10.9 Å². The Morgan fingerprint density at radius 1 is 1.47 bits per heavy atom. The highest BCUT2D eigenvalue weighted by Gasteiger charge is 2.15. The molecule has 0 amide bonds. The summed E-state index contributed by atoms with van der Waals surface area (Å²) in [5.74, 6) is -1.18. The number of carbonyl (C=O) groups is 1. The second-order valence-electron chi connectivity index (χ2n) is 3.62. The predicted molar refractivity (Wildman–Crippen MR) is 62.8 cm³/mol. The van der Waals surface area contributed by atoms with Crippen molar-refractivity contribution in [3.63, 3.8) is 0 Å². The molecule has 0 aliphatic rings. The van der Waals surface area contributed by atoms with Crippen molar-refractivity contribution in [2.24, 2.45) is 0 Å². The quantitative estimate of drug-likeness (QED) is 0.636. The Balaban J connectivity index is 3.22. The van der Waals surface area contributed by atoms with Crippen LogP contribution in [-0.4, -0.2) is 35.0 Å². The van der Waals surface area contributed by atoms with Crippen molar-refractivity contribution in [2.45, 2.75) is 0 Å². The molecule has 1 aromatic rings. The van der Waals surface area contributed by atoms with Crippen molar-refractivity contribution >= 4 is 17.7 Å². The number of nitro groups is 1. The molecule has 0 aromatic heterocycles. The zero-order valence-electron chi connectivity index (χ0n) is 9.45. The average molecular weight is 236 g/mol. The molecule has 0 unspecified atom stereocenters. The van der Waals surface area contributed by atoms with Crippen LogP contribution in [0, 0.1) is 10.1 Å². The van der Waals surface area contributed by atoms with E-state index in [4.69, 9.17) is 5.11 Å². The summed E-state index contributed by atoms with van der Waals surface area (Å²) in [6, 6.07) is 3.81. The molecular formula is C11H12N2O4. The van der Waals surface area contributed by atoms with Gasteiger partial charge in [-0.05, 0) is 24.4 Å². The highest BCUT2D eigenvalue weighted by Crippen LogP contribution is 2.21. The molecule has 0 saturated heterocycles. The first kappa shape index (κ1) is 12.7. The Morgan fingerprint density at radius 2 is 2.12 bits per heavy atom. The fourth-order valence-electron chi connectivity index (χ4n) is 1.21. The van der Waals surface area contributed by atoms with Crippen LogP contribution >= 0.6 is 0 Å². The Labute approximate surface area is 97.9 Å². The minimum absolute atomic E-state index is 0.0984. The van der Waals surface area contributed by atoms with Gasteiger partial charge in [0.05, 0.1) is 16.1 Å². The number of carboxylic acid groups (broad SMARTS) is 1. The standard InChI is InChI=1S/C11H12N2O4/c1-12(2)6-5-8-3-4-9(11(14)15)7-10(8)13(16)17/h3-7H,1-2H3,(H,14,15). The second kappa shape index (κ2) is 5.11. The molecule has 6 heteroatoms. The van der Waals surface area contributed by atoms with Crippen molar-refractivity contribution in [3.05, 3.63) is 45.6 Å². The molecule has 6 nitrogen and oxygen atoms in total. The number of carboxylic acids is 1. The summed E-state index contributed by atoms with van der Waals surface area (Å²) in [5, 5.41) is 19.6. The van der Waals surface area contributed by atoms with Crippen molar-refractivity contribution in [3.8, 4) is 0 Å². The number of hydrogen-bond donors (Lipinski definition) is 1. The van der Waals surface area contributed by atoms with Gasteiger partial charge in [-0.2, -0.15) is 0 Å². The fraction of sp³-hybridized carbons (Fsp3) is 0.182. The molecule has 0 bridgehead atoms. The van der Waals surface area contributed by atoms with Crippen LogP contribution in [0.1, 0.15) is 15.9 Å². The summed E-state index contributed by atoms with van der Waals surface area (Å²) in [6.07, 6.45) is 3.21. The van der Waals surface area contributed by atoms with E-state index in [1.807, 2.05) is 0 Å². The van der Waals surface area contributed by atoms with Crippen molar-refractivity contribution in [2.75, 3.05) is 14.1 Å². The third-order valence-corrected chi connectivity index (χ3v) is 2.03. The minimum Gasteiger partial charge on any atom is -0.478 e. The molecule has 0 aliphatic carbocycles. The number of hydrogen-bond acceptors (Lipinski definition) is 4. The van der Waals surface area contributed by atoms with Crippen molar-refractivity contribution in [1.82, 2.24) is 4.90 Å². The van der Waals surface area contributed by atoms with E-state index in [9.17, 15) is 14.9 Å². The van der Waals surface area contributed by atoms with Gasteiger partial charge in [-0.15, -0.1) is 0 Å². The number of rotatable bonds is 4. The van der Waals surface area contributed by atoms with Gasteiger partial charge in [-0.3, -0.25) is 10.1 Å². The van der Waals surface area contributed by atoms with Gasteiger partial charge in [-0.25, -0.2) is 4.79 Å². The lowest BCUT2D eigenvalue weighted by Crippen LogP contribution is -2.02. The molecule has 1 N–H and O–H groups in total. The molecule has 0 saturated carbocycles. The zero-order valence-corrected chi connectivity index (χ0v) is 9.45. The lowest BCUT2D eigenvalue weighted by atomic mass is 10.1.